The Hall–Kier alpha value is -3.83. The molecule has 0 saturated carbocycles. The predicted molar refractivity (Wildman–Crippen MR) is 120 cm³/mol. The summed E-state index contributed by atoms with van der Waals surface area (Å²) in [5, 5.41) is 15.1. The van der Waals surface area contributed by atoms with Gasteiger partial charge in [0, 0.05) is 17.1 Å². The summed E-state index contributed by atoms with van der Waals surface area (Å²) in [6.45, 7) is 2.03. The molecule has 1 N–H and O–H groups in total. The Morgan fingerprint density at radius 3 is 2.68 bits per heavy atom. The van der Waals surface area contributed by atoms with Crippen LogP contribution in [0.15, 0.2) is 54.0 Å². The number of allylic oxidation sites excluding steroid dienone is 1. The molecule has 0 saturated heterocycles. The van der Waals surface area contributed by atoms with E-state index < -0.39 is 5.97 Å². The molecule has 0 aliphatic heterocycles. The van der Waals surface area contributed by atoms with E-state index in [0.717, 1.165) is 5.56 Å². The van der Waals surface area contributed by atoms with Gasteiger partial charge in [0.25, 0.3) is 0 Å². The van der Waals surface area contributed by atoms with Gasteiger partial charge in [-0.1, -0.05) is 12.1 Å². The Kier molecular flexibility index (Phi) is 7.25. The van der Waals surface area contributed by atoms with E-state index in [4.69, 9.17) is 14.2 Å². The molecule has 0 fully saturated rings. The van der Waals surface area contributed by atoms with E-state index in [1.807, 2.05) is 23.6 Å². The maximum atomic E-state index is 12.1. The summed E-state index contributed by atoms with van der Waals surface area (Å²) >= 11 is 1.35. The van der Waals surface area contributed by atoms with Crippen LogP contribution in [0, 0.1) is 11.3 Å². The number of thiazole rings is 1. The first kappa shape index (κ1) is 21.9. The number of carbonyl (C=O) groups is 1. The van der Waals surface area contributed by atoms with Gasteiger partial charge < -0.3 is 19.5 Å². The molecular weight excluding hydrogens is 414 g/mol. The van der Waals surface area contributed by atoms with E-state index in [1.165, 1.54) is 17.5 Å². The summed E-state index contributed by atoms with van der Waals surface area (Å²) in [7, 11) is 3.15. The molecule has 3 rings (SSSR count). The monoisotopic (exact) mass is 435 g/mol. The van der Waals surface area contributed by atoms with Crippen molar-refractivity contribution in [2.24, 2.45) is 0 Å². The molecule has 3 aromatic rings. The number of para-hydroxylation sites is 1. The fourth-order valence-electron chi connectivity index (χ4n) is 2.81. The number of ether oxygens (including phenoxy) is 3. The van der Waals surface area contributed by atoms with Crippen LogP contribution in [0.1, 0.15) is 22.3 Å². The zero-order valence-corrected chi connectivity index (χ0v) is 18.2. The molecule has 2 aromatic carbocycles. The van der Waals surface area contributed by atoms with Crippen molar-refractivity contribution in [2.45, 2.75) is 6.92 Å². The number of hydrogen-bond donors (Lipinski definition) is 1. The lowest BCUT2D eigenvalue weighted by atomic mass is 10.1. The average Bonchev–Trinajstić information content (AvgIpc) is 3.29. The first-order valence-corrected chi connectivity index (χ1v) is 10.3. The smallest absolute Gasteiger partial charge is 0.340 e. The van der Waals surface area contributed by atoms with Crippen molar-refractivity contribution in [3.63, 3.8) is 0 Å². The lowest BCUT2D eigenvalue weighted by Gasteiger charge is -2.08. The van der Waals surface area contributed by atoms with Crippen LogP contribution in [0.2, 0.25) is 0 Å². The summed E-state index contributed by atoms with van der Waals surface area (Å²) in [6.07, 6.45) is 1.54. The maximum Gasteiger partial charge on any atom is 0.340 e. The van der Waals surface area contributed by atoms with Crippen LogP contribution < -0.4 is 14.8 Å². The third-order valence-electron chi connectivity index (χ3n) is 4.33. The van der Waals surface area contributed by atoms with Crippen LogP contribution >= 0.6 is 11.3 Å². The van der Waals surface area contributed by atoms with Crippen molar-refractivity contribution in [3.05, 3.63) is 64.6 Å². The minimum atomic E-state index is -0.428. The van der Waals surface area contributed by atoms with Gasteiger partial charge in [-0.05, 0) is 37.3 Å². The van der Waals surface area contributed by atoms with Gasteiger partial charge in [-0.25, -0.2) is 9.78 Å². The van der Waals surface area contributed by atoms with Crippen molar-refractivity contribution in [1.29, 1.82) is 5.26 Å². The van der Waals surface area contributed by atoms with E-state index in [0.29, 0.717) is 39.0 Å². The van der Waals surface area contributed by atoms with Crippen molar-refractivity contribution < 1.29 is 19.0 Å². The molecule has 0 unspecified atom stereocenters. The molecule has 0 atom stereocenters. The number of aromatic nitrogens is 1. The van der Waals surface area contributed by atoms with Crippen LogP contribution in [-0.4, -0.2) is 31.8 Å². The SMILES string of the molecule is CCOC(=O)c1ccccc1N/C=C(/C#N)c1nc(-c2ccc(OC)c(OC)c2)cs1. The van der Waals surface area contributed by atoms with Crippen molar-refractivity contribution in [2.75, 3.05) is 26.1 Å². The highest BCUT2D eigenvalue weighted by molar-refractivity contribution is 7.11. The highest BCUT2D eigenvalue weighted by Gasteiger charge is 2.14. The van der Waals surface area contributed by atoms with E-state index in [1.54, 1.807) is 45.4 Å². The normalized spacial score (nSPS) is 10.8. The highest BCUT2D eigenvalue weighted by Crippen LogP contribution is 2.33. The van der Waals surface area contributed by atoms with Crippen LogP contribution in [0.3, 0.4) is 0 Å². The Morgan fingerprint density at radius 1 is 1.19 bits per heavy atom. The summed E-state index contributed by atoms with van der Waals surface area (Å²) < 4.78 is 15.7. The number of esters is 1. The van der Waals surface area contributed by atoms with Gasteiger partial charge in [0.2, 0.25) is 0 Å². The van der Waals surface area contributed by atoms with Gasteiger partial charge in [-0.2, -0.15) is 5.26 Å². The molecule has 0 amide bonds. The van der Waals surface area contributed by atoms with E-state index >= 15 is 0 Å². The first-order valence-electron chi connectivity index (χ1n) is 9.42. The first-order chi connectivity index (χ1) is 15.1. The van der Waals surface area contributed by atoms with Gasteiger partial charge in [-0.15, -0.1) is 11.3 Å². The minimum Gasteiger partial charge on any atom is -0.493 e. The van der Waals surface area contributed by atoms with Gasteiger partial charge in [0.1, 0.15) is 16.6 Å². The van der Waals surface area contributed by atoms with E-state index in [-0.39, 0.29) is 6.61 Å². The van der Waals surface area contributed by atoms with Gasteiger partial charge in [0.05, 0.1) is 37.8 Å². The lowest BCUT2D eigenvalue weighted by molar-refractivity contribution is 0.0527. The number of nitriles is 1. The summed E-state index contributed by atoms with van der Waals surface area (Å²) in [5.74, 6) is 0.800. The fourth-order valence-corrected chi connectivity index (χ4v) is 3.61. The zero-order chi connectivity index (χ0) is 22.2. The third kappa shape index (κ3) is 5.02. The number of anilines is 1. The predicted octanol–water partition coefficient (Wildman–Crippen LogP) is 4.98. The third-order valence-corrected chi connectivity index (χ3v) is 5.20. The average molecular weight is 436 g/mol. The zero-order valence-electron chi connectivity index (χ0n) is 17.3. The second kappa shape index (κ2) is 10.3. The molecule has 1 heterocycles. The number of nitrogens with zero attached hydrogens (tertiary/aromatic N) is 2. The number of hydrogen-bond acceptors (Lipinski definition) is 8. The Labute approximate surface area is 184 Å². The second-order valence-corrected chi connectivity index (χ2v) is 7.05. The lowest BCUT2D eigenvalue weighted by Crippen LogP contribution is -2.07. The number of methoxy groups -OCH3 is 2. The Balaban J connectivity index is 1.86. The molecule has 0 aliphatic carbocycles. The topological polar surface area (TPSA) is 93.5 Å². The van der Waals surface area contributed by atoms with Crippen LogP contribution in [-0.2, 0) is 4.74 Å². The van der Waals surface area contributed by atoms with Crippen LogP contribution in [0.25, 0.3) is 16.8 Å². The maximum absolute atomic E-state index is 12.1. The molecule has 0 aliphatic rings. The molecule has 0 radical (unpaired) electrons. The van der Waals surface area contributed by atoms with Crippen molar-refractivity contribution in [3.8, 4) is 28.8 Å². The molecule has 158 valence electrons. The van der Waals surface area contributed by atoms with Crippen molar-refractivity contribution in [1.82, 2.24) is 4.98 Å². The summed E-state index contributed by atoms with van der Waals surface area (Å²) in [4.78, 5) is 16.7. The minimum absolute atomic E-state index is 0.282. The summed E-state index contributed by atoms with van der Waals surface area (Å²) in [5.41, 5.74) is 2.84. The van der Waals surface area contributed by atoms with Crippen LogP contribution in [0.5, 0.6) is 11.5 Å². The molecule has 7 nitrogen and oxygen atoms in total. The highest BCUT2D eigenvalue weighted by atomic mass is 32.1. The Morgan fingerprint density at radius 2 is 1.97 bits per heavy atom. The molecule has 0 spiro atoms. The van der Waals surface area contributed by atoms with Crippen molar-refractivity contribution >= 4 is 28.6 Å². The number of carbonyl (C=O) groups excluding carboxylic acids is 1. The van der Waals surface area contributed by atoms with E-state index in [9.17, 15) is 10.1 Å². The van der Waals surface area contributed by atoms with Gasteiger partial charge >= 0.3 is 5.97 Å². The molecule has 1 aromatic heterocycles. The van der Waals surface area contributed by atoms with Gasteiger partial charge in [0.15, 0.2) is 11.5 Å². The molecule has 8 heteroatoms. The van der Waals surface area contributed by atoms with Crippen LogP contribution in [0.4, 0.5) is 5.69 Å². The fraction of sp³-hybridized carbons (Fsp3) is 0.174. The number of rotatable bonds is 8. The summed E-state index contributed by atoms with van der Waals surface area (Å²) in [6, 6.07) is 14.6. The number of nitrogens with one attached hydrogen (secondary N) is 1. The quantitative estimate of drug-likeness (QED) is 0.394. The molecule has 0 bridgehead atoms. The Bertz CT molecular complexity index is 1150. The molecular formula is C23H21N3O4S. The van der Waals surface area contributed by atoms with E-state index in [2.05, 4.69) is 16.4 Å². The van der Waals surface area contributed by atoms with Gasteiger partial charge in [-0.3, -0.25) is 0 Å². The largest absolute Gasteiger partial charge is 0.493 e. The standard InChI is InChI=1S/C23H21N3O4S/c1-4-30-23(27)17-7-5-6-8-18(17)25-13-16(12-24)22-26-19(14-31-22)15-9-10-20(28-2)21(11-15)29-3/h5-11,13-14,25H,4H2,1-3H3/b16-13-. The number of benzene rings is 2. The second-order valence-electron chi connectivity index (χ2n) is 6.19. The molecule has 31 heavy (non-hydrogen) atoms.